The zero-order valence-electron chi connectivity index (χ0n) is 17.0. The standard InChI is InChI=1S/C24H27N5O/c30-23(28-14-16-29(17-15-28)24-25-12-7-13-26-24)19-27-22(21-10-5-2-6-11-21)18-20-8-3-1-4-9-20/h1-13,22,27H,14-19H2. The van der Waals surface area contributed by atoms with Gasteiger partial charge in [0.25, 0.3) is 0 Å². The molecule has 154 valence electrons. The fourth-order valence-corrected chi connectivity index (χ4v) is 3.78. The van der Waals surface area contributed by atoms with E-state index in [1.807, 2.05) is 35.2 Å². The summed E-state index contributed by atoms with van der Waals surface area (Å²) in [6.45, 7) is 3.21. The van der Waals surface area contributed by atoms with E-state index in [0.29, 0.717) is 19.6 Å². The Morgan fingerprint density at radius 2 is 1.50 bits per heavy atom. The first-order valence-corrected chi connectivity index (χ1v) is 10.4. The molecule has 1 aliphatic rings. The monoisotopic (exact) mass is 401 g/mol. The highest BCUT2D eigenvalue weighted by Crippen LogP contribution is 2.18. The molecule has 6 nitrogen and oxygen atoms in total. The average molecular weight is 402 g/mol. The summed E-state index contributed by atoms with van der Waals surface area (Å²) < 4.78 is 0. The molecule has 1 aliphatic heterocycles. The SMILES string of the molecule is O=C(CNC(Cc1ccccc1)c1ccccc1)N1CCN(c2ncccn2)CC1. The van der Waals surface area contributed by atoms with Gasteiger partial charge in [-0.15, -0.1) is 0 Å². The molecule has 6 heteroatoms. The van der Waals surface area contributed by atoms with Crippen molar-refractivity contribution in [2.75, 3.05) is 37.6 Å². The Labute approximate surface area is 177 Å². The summed E-state index contributed by atoms with van der Waals surface area (Å²) in [5, 5.41) is 3.49. The molecule has 1 N–H and O–H groups in total. The molecule has 0 saturated carbocycles. The molecule has 0 spiro atoms. The van der Waals surface area contributed by atoms with Gasteiger partial charge in [0.15, 0.2) is 0 Å². The Kier molecular flexibility index (Phi) is 6.67. The van der Waals surface area contributed by atoms with Crippen molar-refractivity contribution >= 4 is 11.9 Å². The Balaban J connectivity index is 1.34. The molecule has 2 aromatic carbocycles. The minimum atomic E-state index is 0.0940. The largest absolute Gasteiger partial charge is 0.338 e. The third kappa shape index (κ3) is 5.21. The number of benzene rings is 2. The van der Waals surface area contributed by atoms with Crippen molar-refractivity contribution in [1.29, 1.82) is 0 Å². The van der Waals surface area contributed by atoms with E-state index in [4.69, 9.17) is 0 Å². The molecular formula is C24H27N5O. The third-order valence-corrected chi connectivity index (χ3v) is 5.45. The topological polar surface area (TPSA) is 61.4 Å². The lowest BCUT2D eigenvalue weighted by atomic mass is 9.99. The van der Waals surface area contributed by atoms with Crippen LogP contribution in [-0.2, 0) is 11.2 Å². The second kappa shape index (κ2) is 9.98. The zero-order valence-corrected chi connectivity index (χ0v) is 17.0. The van der Waals surface area contributed by atoms with Crippen LogP contribution < -0.4 is 10.2 Å². The lowest BCUT2D eigenvalue weighted by Gasteiger charge is -2.35. The highest BCUT2D eigenvalue weighted by Gasteiger charge is 2.23. The molecule has 1 aromatic heterocycles. The number of rotatable bonds is 7. The maximum absolute atomic E-state index is 12.8. The average Bonchev–Trinajstić information content (AvgIpc) is 2.83. The van der Waals surface area contributed by atoms with Gasteiger partial charge in [0.2, 0.25) is 11.9 Å². The van der Waals surface area contributed by atoms with Crippen molar-refractivity contribution in [2.24, 2.45) is 0 Å². The van der Waals surface area contributed by atoms with Gasteiger partial charge in [0.1, 0.15) is 0 Å². The molecule has 1 amide bonds. The number of hydrogen-bond acceptors (Lipinski definition) is 5. The van der Waals surface area contributed by atoms with Crippen molar-refractivity contribution in [3.8, 4) is 0 Å². The Bertz CT molecular complexity index is 912. The molecule has 0 aliphatic carbocycles. The zero-order chi connectivity index (χ0) is 20.6. The molecule has 30 heavy (non-hydrogen) atoms. The fourth-order valence-electron chi connectivity index (χ4n) is 3.78. The first-order valence-electron chi connectivity index (χ1n) is 10.4. The quantitative estimate of drug-likeness (QED) is 0.660. The van der Waals surface area contributed by atoms with Crippen LogP contribution >= 0.6 is 0 Å². The lowest BCUT2D eigenvalue weighted by Crippen LogP contribution is -2.51. The van der Waals surface area contributed by atoms with Crippen molar-refractivity contribution in [3.05, 3.63) is 90.3 Å². The molecule has 4 rings (SSSR count). The Hall–Kier alpha value is -3.25. The van der Waals surface area contributed by atoms with Gasteiger partial charge >= 0.3 is 0 Å². The molecule has 0 radical (unpaired) electrons. The maximum Gasteiger partial charge on any atom is 0.236 e. The van der Waals surface area contributed by atoms with Crippen LogP contribution in [0, 0.1) is 0 Å². The summed E-state index contributed by atoms with van der Waals surface area (Å²) in [5.74, 6) is 0.868. The van der Waals surface area contributed by atoms with E-state index in [9.17, 15) is 4.79 Å². The molecule has 1 atom stereocenters. The van der Waals surface area contributed by atoms with E-state index in [-0.39, 0.29) is 11.9 Å². The first-order chi connectivity index (χ1) is 14.8. The van der Waals surface area contributed by atoms with Gasteiger partial charge < -0.3 is 15.1 Å². The second-order valence-corrected chi connectivity index (χ2v) is 7.45. The first kappa shape index (κ1) is 20.0. The number of nitrogens with one attached hydrogen (secondary N) is 1. The van der Waals surface area contributed by atoms with Crippen LogP contribution in [0.1, 0.15) is 17.2 Å². The van der Waals surface area contributed by atoms with Crippen molar-refractivity contribution in [1.82, 2.24) is 20.2 Å². The van der Waals surface area contributed by atoms with Crippen molar-refractivity contribution in [3.63, 3.8) is 0 Å². The second-order valence-electron chi connectivity index (χ2n) is 7.45. The van der Waals surface area contributed by atoms with Crippen molar-refractivity contribution < 1.29 is 4.79 Å². The number of anilines is 1. The van der Waals surface area contributed by atoms with E-state index >= 15 is 0 Å². The molecular weight excluding hydrogens is 374 g/mol. The van der Waals surface area contributed by atoms with Gasteiger partial charge in [-0.05, 0) is 23.6 Å². The summed E-state index contributed by atoms with van der Waals surface area (Å²) >= 11 is 0. The Morgan fingerprint density at radius 3 is 2.17 bits per heavy atom. The highest BCUT2D eigenvalue weighted by molar-refractivity contribution is 5.78. The molecule has 1 unspecified atom stereocenters. The summed E-state index contributed by atoms with van der Waals surface area (Å²) in [6, 6.07) is 22.6. The van der Waals surface area contributed by atoms with Crippen LogP contribution in [0.2, 0.25) is 0 Å². The van der Waals surface area contributed by atoms with Crippen LogP contribution in [0.5, 0.6) is 0 Å². The molecule has 3 aromatic rings. The smallest absolute Gasteiger partial charge is 0.236 e. The van der Waals surface area contributed by atoms with Gasteiger partial charge in [-0.2, -0.15) is 0 Å². The molecule has 2 heterocycles. The summed E-state index contributed by atoms with van der Waals surface area (Å²) in [6.07, 6.45) is 4.34. The molecule has 1 saturated heterocycles. The van der Waals surface area contributed by atoms with Crippen molar-refractivity contribution in [2.45, 2.75) is 12.5 Å². The van der Waals surface area contributed by atoms with E-state index in [0.717, 1.165) is 25.5 Å². The third-order valence-electron chi connectivity index (χ3n) is 5.45. The number of amides is 1. The van der Waals surface area contributed by atoms with Gasteiger partial charge in [0, 0.05) is 44.6 Å². The predicted molar refractivity (Wildman–Crippen MR) is 118 cm³/mol. The van der Waals surface area contributed by atoms with E-state index < -0.39 is 0 Å². The molecule has 1 fully saturated rings. The normalized spacial score (nSPS) is 15.1. The van der Waals surface area contributed by atoms with E-state index in [1.54, 1.807) is 12.4 Å². The summed E-state index contributed by atoms with van der Waals surface area (Å²) in [7, 11) is 0. The summed E-state index contributed by atoms with van der Waals surface area (Å²) in [4.78, 5) is 25.5. The predicted octanol–water partition coefficient (Wildman–Crippen LogP) is 2.70. The number of aromatic nitrogens is 2. The number of piperazine rings is 1. The maximum atomic E-state index is 12.8. The highest BCUT2D eigenvalue weighted by atomic mass is 16.2. The van der Waals surface area contributed by atoms with E-state index in [1.165, 1.54) is 11.1 Å². The molecule has 0 bridgehead atoms. The van der Waals surface area contributed by atoms with E-state index in [2.05, 4.69) is 56.6 Å². The van der Waals surface area contributed by atoms with Gasteiger partial charge in [-0.25, -0.2) is 9.97 Å². The number of hydrogen-bond donors (Lipinski definition) is 1. The Morgan fingerprint density at radius 1 is 0.867 bits per heavy atom. The summed E-state index contributed by atoms with van der Waals surface area (Å²) in [5.41, 5.74) is 2.45. The van der Waals surface area contributed by atoms with Crippen LogP contribution in [0.4, 0.5) is 5.95 Å². The number of carbonyl (C=O) groups excluding carboxylic acids is 1. The van der Waals surface area contributed by atoms with Gasteiger partial charge in [-0.1, -0.05) is 60.7 Å². The van der Waals surface area contributed by atoms with Crippen LogP contribution in [0.25, 0.3) is 0 Å². The van der Waals surface area contributed by atoms with Crippen LogP contribution in [0.3, 0.4) is 0 Å². The minimum absolute atomic E-state index is 0.0940. The lowest BCUT2D eigenvalue weighted by molar-refractivity contribution is -0.130. The number of nitrogens with zero attached hydrogens (tertiary/aromatic N) is 4. The van der Waals surface area contributed by atoms with Crippen LogP contribution in [-0.4, -0.2) is 53.5 Å². The minimum Gasteiger partial charge on any atom is -0.338 e. The number of carbonyl (C=O) groups is 1. The van der Waals surface area contributed by atoms with Gasteiger partial charge in [-0.3, -0.25) is 4.79 Å². The van der Waals surface area contributed by atoms with Crippen LogP contribution in [0.15, 0.2) is 79.1 Å². The van der Waals surface area contributed by atoms with Gasteiger partial charge in [0.05, 0.1) is 6.54 Å². The fraction of sp³-hybridized carbons (Fsp3) is 0.292.